The standard InChI is InChI=1S/C13H24N2O2/c1-9-11-5-10(6-14-7-11)8-15(9)12(16)17-13(2,3)4/h9-11,14H,5-8H2,1-4H3/t9-,10+,11-/m1/s1. The molecule has 2 rings (SSSR count). The largest absolute Gasteiger partial charge is 0.444 e. The van der Waals surface area contributed by atoms with E-state index in [1.807, 2.05) is 25.7 Å². The predicted octanol–water partition coefficient (Wildman–Crippen LogP) is 1.85. The van der Waals surface area contributed by atoms with Gasteiger partial charge in [0, 0.05) is 12.6 Å². The fourth-order valence-electron chi connectivity index (χ4n) is 2.83. The number of hydrogen-bond donors (Lipinski definition) is 1. The molecular weight excluding hydrogens is 216 g/mol. The summed E-state index contributed by atoms with van der Waals surface area (Å²) >= 11 is 0. The molecule has 17 heavy (non-hydrogen) atoms. The number of likely N-dealkylation sites (tertiary alicyclic amines) is 1. The molecule has 0 aromatic rings. The highest BCUT2D eigenvalue weighted by Gasteiger charge is 2.39. The predicted molar refractivity (Wildman–Crippen MR) is 66.9 cm³/mol. The van der Waals surface area contributed by atoms with Crippen molar-refractivity contribution in [2.24, 2.45) is 11.8 Å². The van der Waals surface area contributed by atoms with Crippen LogP contribution in [0.3, 0.4) is 0 Å². The lowest BCUT2D eigenvalue weighted by molar-refractivity contribution is -0.0123. The van der Waals surface area contributed by atoms with Crippen LogP contribution in [0.2, 0.25) is 0 Å². The lowest BCUT2D eigenvalue weighted by Crippen LogP contribution is -2.58. The van der Waals surface area contributed by atoms with Crippen molar-refractivity contribution in [2.75, 3.05) is 19.6 Å². The Kier molecular flexibility index (Phi) is 3.34. The van der Waals surface area contributed by atoms with E-state index < -0.39 is 5.60 Å². The molecule has 0 aromatic carbocycles. The number of carbonyl (C=O) groups excluding carboxylic acids is 1. The molecule has 2 heterocycles. The quantitative estimate of drug-likeness (QED) is 0.702. The van der Waals surface area contributed by atoms with Gasteiger partial charge in [0.2, 0.25) is 0 Å². The molecule has 3 atom stereocenters. The number of ether oxygens (including phenoxy) is 1. The number of carbonyl (C=O) groups is 1. The van der Waals surface area contributed by atoms with E-state index in [2.05, 4.69) is 12.2 Å². The van der Waals surface area contributed by atoms with Gasteiger partial charge in [-0.25, -0.2) is 4.79 Å². The zero-order valence-corrected chi connectivity index (χ0v) is 11.3. The van der Waals surface area contributed by atoms with Crippen LogP contribution in [-0.2, 0) is 4.74 Å². The van der Waals surface area contributed by atoms with Crippen LogP contribution < -0.4 is 5.32 Å². The number of amides is 1. The van der Waals surface area contributed by atoms with Gasteiger partial charge in [-0.15, -0.1) is 0 Å². The van der Waals surface area contributed by atoms with Crippen LogP contribution in [0.1, 0.15) is 34.1 Å². The van der Waals surface area contributed by atoms with Gasteiger partial charge in [-0.05, 0) is 59.0 Å². The molecule has 2 bridgehead atoms. The van der Waals surface area contributed by atoms with Crippen molar-refractivity contribution in [3.63, 3.8) is 0 Å². The van der Waals surface area contributed by atoms with E-state index in [4.69, 9.17) is 4.74 Å². The van der Waals surface area contributed by atoms with Crippen molar-refractivity contribution < 1.29 is 9.53 Å². The molecule has 0 aromatic heterocycles. The number of rotatable bonds is 0. The summed E-state index contributed by atoms with van der Waals surface area (Å²) in [5, 5.41) is 3.45. The summed E-state index contributed by atoms with van der Waals surface area (Å²) < 4.78 is 5.48. The maximum Gasteiger partial charge on any atom is 0.410 e. The summed E-state index contributed by atoms with van der Waals surface area (Å²) in [6, 6.07) is 0.286. The smallest absolute Gasteiger partial charge is 0.410 e. The van der Waals surface area contributed by atoms with Crippen molar-refractivity contribution in [3.05, 3.63) is 0 Å². The molecule has 0 unspecified atom stereocenters. The van der Waals surface area contributed by atoms with E-state index >= 15 is 0 Å². The fourth-order valence-corrected chi connectivity index (χ4v) is 2.83. The third-order valence-electron chi connectivity index (χ3n) is 3.73. The Balaban J connectivity index is 2.02. The third-order valence-corrected chi connectivity index (χ3v) is 3.73. The molecule has 2 fully saturated rings. The molecule has 98 valence electrons. The lowest BCUT2D eigenvalue weighted by atomic mass is 9.81. The molecule has 0 saturated carbocycles. The van der Waals surface area contributed by atoms with E-state index in [0.717, 1.165) is 19.6 Å². The van der Waals surface area contributed by atoms with Gasteiger partial charge in [-0.3, -0.25) is 0 Å². The van der Waals surface area contributed by atoms with Gasteiger partial charge in [-0.2, -0.15) is 0 Å². The van der Waals surface area contributed by atoms with Crippen LogP contribution in [0, 0.1) is 11.8 Å². The molecule has 1 N–H and O–H groups in total. The highest BCUT2D eigenvalue weighted by molar-refractivity contribution is 5.68. The first-order valence-corrected chi connectivity index (χ1v) is 6.57. The van der Waals surface area contributed by atoms with E-state index in [1.165, 1.54) is 6.42 Å². The Hall–Kier alpha value is -0.770. The maximum absolute atomic E-state index is 12.1. The summed E-state index contributed by atoms with van der Waals surface area (Å²) in [4.78, 5) is 14.1. The minimum Gasteiger partial charge on any atom is -0.444 e. The van der Waals surface area contributed by atoms with Crippen molar-refractivity contribution in [1.29, 1.82) is 0 Å². The van der Waals surface area contributed by atoms with Crippen molar-refractivity contribution >= 4 is 6.09 Å². The summed E-state index contributed by atoms with van der Waals surface area (Å²) in [5.41, 5.74) is -0.401. The Morgan fingerprint density at radius 3 is 2.71 bits per heavy atom. The van der Waals surface area contributed by atoms with Crippen LogP contribution >= 0.6 is 0 Å². The average molecular weight is 240 g/mol. The second-order valence-electron chi connectivity index (χ2n) is 6.39. The van der Waals surface area contributed by atoms with Gasteiger partial charge >= 0.3 is 6.09 Å². The van der Waals surface area contributed by atoms with Crippen LogP contribution in [0.15, 0.2) is 0 Å². The summed E-state index contributed by atoms with van der Waals surface area (Å²) in [7, 11) is 0. The van der Waals surface area contributed by atoms with Gasteiger partial charge < -0.3 is 15.0 Å². The molecule has 0 spiro atoms. The van der Waals surface area contributed by atoms with Crippen LogP contribution in [-0.4, -0.2) is 42.3 Å². The summed E-state index contributed by atoms with van der Waals surface area (Å²) in [6.45, 7) is 10.8. The highest BCUT2D eigenvalue weighted by Crippen LogP contribution is 2.30. The van der Waals surface area contributed by atoms with Crippen molar-refractivity contribution in [3.8, 4) is 0 Å². The van der Waals surface area contributed by atoms with Gasteiger partial charge in [0.1, 0.15) is 5.60 Å². The van der Waals surface area contributed by atoms with Gasteiger partial charge in [0.25, 0.3) is 0 Å². The van der Waals surface area contributed by atoms with Crippen LogP contribution in [0.4, 0.5) is 4.79 Å². The number of fused-ring (bicyclic) bond motifs is 2. The highest BCUT2D eigenvalue weighted by atomic mass is 16.6. The van der Waals surface area contributed by atoms with Crippen LogP contribution in [0.5, 0.6) is 0 Å². The van der Waals surface area contributed by atoms with E-state index in [0.29, 0.717) is 11.8 Å². The Bertz CT molecular complexity index is 298. The van der Waals surface area contributed by atoms with E-state index in [1.54, 1.807) is 0 Å². The second-order valence-corrected chi connectivity index (χ2v) is 6.39. The second kappa shape index (κ2) is 4.48. The molecule has 0 aliphatic carbocycles. The normalized spacial score (nSPS) is 33.4. The SMILES string of the molecule is C[C@@H]1[C@H]2CNC[C@H](C2)CN1C(=O)OC(C)(C)C. The van der Waals surface area contributed by atoms with Crippen LogP contribution in [0.25, 0.3) is 0 Å². The molecule has 4 nitrogen and oxygen atoms in total. The number of hydrogen-bond acceptors (Lipinski definition) is 3. The number of nitrogens with zero attached hydrogens (tertiary/aromatic N) is 1. The monoisotopic (exact) mass is 240 g/mol. The van der Waals surface area contributed by atoms with E-state index in [-0.39, 0.29) is 12.1 Å². The molecule has 2 saturated heterocycles. The molecular formula is C13H24N2O2. The Morgan fingerprint density at radius 1 is 1.35 bits per heavy atom. The molecule has 2 aliphatic heterocycles. The molecule has 0 radical (unpaired) electrons. The topological polar surface area (TPSA) is 41.6 Å². The third kappa shape index (κ3) is 2.92. The Morgan fingerprint density at radius 2 is 2.06 bits per heavy atom. The average Bonchev–Trinajstić information content (AvgIpc) is 2.21. The lowest BCUT2D eigenvalue weighted by Gasteiger charge is -2.46. The maximum atomic E-state index is 12.1. The van der Waals surface area contributed by atoms with Crippen molar-refractivity contribution in [2.45, 2.75) is 45.8 Å². The zero-order chi connectivity index (χ0) is 12.6. The first-order valence-electron chi connectivity index (χ1n) is 6.57. The summed E-state index contributed by atoms with van der Waals surface area (Å²) in [6.07, 6.45) is 1.09. The number of piperidine rings is 2. The molecule has 1 amide bonds. The van der Waals surface area contributed by atoms with Gasteiger partial charge in [0.15, 0.2) is 0 Å². The summed E-state index contributed by atoms with van der Waals surface area (Å²) in [5.74, 6) is 1.17. The molecule has 4 heteroatoms. The first-order chi connectivity index (χ1) is 7.87. The Labute approximate surface area is 104 Å². The first kappa shape index (κ1) is 12.7. The minimum atomic E-state index is -0.401. The fraction of sp³-hybridized carbons (Fsp3) is 0.923. The van der Waals surface area contributed by atoms with Gasteiger partial charge in [0.05, 0.1) is 0 Å². The zero-order valence-electron chi connectivity index (χ0n) is 11.3. The number of nitrogens with one attached hydrogen (secondary N) is 1. The minimum absolute atomic E-state index is 0.151. The van der Waals surface area contributed by atoms with Gasteiger partial charge in [-0.1, -0.05) is 0 Å². The molecule has 2 aliphatic rings. The van der Waals surface area contributed by atoms with Crippen molar-refractivity contribution in [1.82, 2.24) is 10.2 Å². The van der Waals surface area contributed by atoms with E-state index in [9.17, 15) is 4.79 Å².